The van der Waals surface area contributed by atoms with Crippen LogP contribution in [0.25, 0.3) is 5.70 Å². The van der Waals surface area contributed by atoms with Crippen molar-refractivity contribution in [2.75, 3.05) is 56.9 Å². The van der Waals surface area contributed by atoms with Gasteiger partial charge in [0.25, 0.3) is 5.91 Å². The second kappa shape index (κ2) is 12.5. The van der Waals surface area contributed by atoms with Gasteiger partial charge in [-0.05, 0) is 63.0 Å². The summed E-state index contributed by atoms with van der Waals surface area (Å²) in [6.07, 6.45) is 0.133. The smallest absolute Gasteiger partial charge is 0.418 e. The molecule has 1 heterocycles. The summed E-state index contributed by atoms with van der Waals surface area (Å²) in [5.41, 5.74) is 8.17. The topological polar surface area (TPSA) is 95.8 Å². The van der Waals surface area contributed by atoms with Crippen LogP contribution in [-0.2, 0) is 6.18 Å². The van der Waals surface area contributed by atoms with Crippen LogP contribution in [0, 0.1) is 6.92 Å². The summed E-state index contributed by atoms with van der Waals surface area (Å²) in [5.74, 6) is 0.00875. The third kappa shape index (κ3) is 7.87. The quantitative estimate of drug-likeness (QED) is 0.331. The Morgan fingerprint density at radius 1 is 1.05 bits per heavy atom. The molecule has 39 heavy (non-hydrogen) atoms. The zero-order chi connectivity index (χ0) is 28.7. The number of amides is 1. The number of halogens is 3. The molecule has 0 aliphatic rings. The van der Waals surface area contributed by atoms with Crippen LogP contribution in [-0.4, -0.2) is 57.1 Å². The molecule has 2 aromatic carbocycles. The lowest BCUT2D eigenvalue weighted by molar-refractivity contribution is -0.137. The van der Waals surface area contributed by atoms with E-state index in [2.05, 4.69) is 15.6 Å². The maximum absolute atomic E-state index is 13.9. The molecule has 0 aliphatic carbocycles. The number of carbonyl (C=O) groups excluding carboxylic acids is 1. The van der Waals surface area contributed by atoms with Crippen molar-refractivity contribution < 1.29 is 22.7 Å². The fourth-order valence-corrected chi connectivity index (χ4v) is 3.69. The number of alkyl halides is 3. The Kier molecular flexibility index (Phi) is 9.42. The van der Waals surface area contributed by atoms with Gasteiger partial charge in [-0.15, -0.1) is 0 Å². The Hall–Kier alpha value is -4.25. The summed E-state index contributed by atoms with van der Waals surface area (Å²) >= 11 is 0. The fraction of sp³-hybridized carbons (Fsp3) is 0.286. The van der Waals surface area contributed by atoms with Gasteiger partial charge in [-0.1, -0.05) is 6.07 Å². The molecule has 0 fully saturated rings. The van der Waals surface area contributed by atoms with Crippen LogP contribution in [0.2, 0.25) is 0 Å². The standard InChI is InChI=1S/C28H33F3N6O2/c1-18-6-7-19(13-25(18)34-17-24(32)20-12-22(39-5)16-33-15-20)27(38)35-21-8-9-26(23(14-21)28(29,30)31)37(4)11-10-36(2)3/h6-9,12-17,34H,10-11,32H2,1-5H3,(H,35,38)/b24-17-. The summed E-state index contributed by atoms with van der Waals surface area (Å²) in [7, 11) is 6.85. The number of aryl methyl sites for hydroxylation is 1. The summed E-state index contributed by atoms with van der Waals surface area (Å²) < 4.78 is 46.8. The second-order valence-electron chi connectivity index (χ2n) is 9.30. The SMILES string of the molecule is COc1cncc(/C(N)=C/Nc2cc(C(=O)Nc3ccc(N(C)CCN(C)C)c(C(F)(F)F)c3)ccc2C)c1. The first-order chi connectivity index (χ1) is 18.4. The first-order valence-corrected chi connectivity index (χ1v) is 12.1. The lowest BCUT2D eigenvalue weighted by Crippen LogP contribution is -2.30. The van der Waals surface area contributed by atoms with Gasteiger partial charge < -0.3 is 30.9 Å². The maximum atomic E-state index is 13.9. The van der Waals surface area contributed by atoms with Crippen LogP contribution in [0.15, 0.2) is 61.1 Å². The van der Waals surface area contributed by atoms with Crippen molar-refractivity contribution in [3.63, 3.8) is 0 Å². The number of pyridine rings is 1. The van der Waals surface area contributed by atoms with E-state index in [4.69, 9.17) is 10.5 Å². The first-order valence-electron chi connectivity index (χ1n) is 12.1. The predicted octanol–water partition coefficient (Wildman–Crippen LogP) is 5.04. The minimum absolute atomic E-state index is 0.0415. The molecule has 0 unspecified atom stereocenters. The molecule has 11 heteroatoms. The number of carbonyl (C=O) groups is 1. The van der Waals surface area contributed by atoms with Crippen molar-refractivity contribution >= 4 is 28.7 Å². The highest BCUT2D eigenvalue weighted by Crippen LogP contribution is 2.38. The number of likely N-dealkylation sites (N-methyl/N-ethyl adjacent to an activating group) is 2. The first kappa shape index (κ1) is 29.3. The van der Waals surface area contributed by atoms with Crippen LogP contribution in [0.4, 0.5) is 30.2 Å². The van der Waals surface area contributed by atoms with Crippen molar-refractivity contribution in [2.24, 2.45) is 5.73 Å². The molecule has 1 amide bonds. The van der Waals surface area contributed by atoms with E-state index in [1.807, 2.05) is 25.9 Å². The lowest BCUT2D eigenvalue weighted by atomic mass is 10.1. The van der Waals surface area contributed by atoms with E-state index < -0.39 is 17.6 Å². The van der Waals surface area contributed by atoms with Crippen molar-refractivity contribution in [3.8, 4) is 5.75 Å². The number of nitrogens with zero attached hydrogens (tertiary/aromatic N) is 3. The van der Waals surface area contributed by atoms with E-state index in [9.17, 15) is 18.0 Å². The molecule has 0 atom stereocenters. The number of hydrogen-bond donors (Lipinski definition) is 3. The van der Waals surface area contributed by atoms with Gasteiger partial charge in [0.2, 0.25) is 0 Å². The van der Waals surface area contributed by atoms with Crippen LogP contribution in [0.3, 0.4) is 0 Å². The van der Waals surface area contributed by atoms with Crippen LogP contribution < -0.4 is 26.0 Å². The van der Waals surface area contributed by atoms with Gasteiger partial charge in [-0.3, -0.25) is 9.78 Å². The Morgan fingerprint density at radius 3 is 2.46 bits per heavy atom. The third-order valence-corrected chi connectivity index (χ3v) is 6.02. The van der Waals surface area contributed by atoms with Crippen molar-refractivity contribution in [3.05, 3.63) is 83.3 Å². The highest BCUT2D eigenvalue weighted by molar-refractivity contribution is 6.05. The molecular weight excluding hydrogens is 509 g/mol. The minimum atomic E-state index is -4.59. The van der Waals surface area contributed by atoms with Gasteiger partial charge >= 0.3 is 6.18 Å². The summed E-state index contributed by atoms with van der Waals surface area (Å²) in [6.45, 7) is 2.85. The Bertz CT molecular complexity index is 1340. The zero-order valence-electron chi connectivity index (χ0n) is 22.6. The Balaban J connectivity index is 1.80. The molecule has 8 nitrogen and oxygen atoms in total. The number of ether oxygens (including phenoxy) is 1. The van der Waals surface area contributed by atoms with Crippen LogP contribution in [0.5, 0.6) is 5.75 Å². The molecule has 4 N–H and O–H groups in total. The van der Waals surface area contributed by atoms with Gasteiger partial charge in [0, 0.05) is 60.7 Å². The number of nitrogens with two attached hydrogens (primary N) is 1. The number of nitrogens with one attached hydrogen (secondary N) is 2. The minimum Gasteiger partial charge on any atom is -0.495 e. The molecule has 0 radical (unpaired) electrons. The molecule has 0 aliphatic heterocycles. The number of hydrogen-bond acceptors (Lipinski definition) is 7. The predicted molar refractivity (Wildman–Crippen MR) is 149 cm³/mol. The second-order valence-corrected chi connectivity index (χ2v) is 9.30. The van der Waals surface area contributed by atoms with Crippen molar-refractivity contribution in [1.29, 1.82) is 0 Å². The Labute approximate surface area is 226 Å². The number of aromatic nitrogens is 1. The van der Waals surface area contributed by atoms with Gasteiger partial charge in [0.15, 0.2) is 0 Å². The average molecular weight is 543 g/mol. The van der Waals surface area contributed by atoms with Gasteiger partial charge in [0.05, 0.1) is 24.6 Å². The van der Waals surface area contributed by atoms with Gasteiger partial charge in [0.1, 0.15) is 5.75 Å². The van der Waals surface area contributed by atoms with E-state index in [0.29, 0.717) is 35.8 Å². The van der Waals surface area contributed by atoms with E-state index >= 15 is 0 Å². The molecule has 0 saturated heterocycles. The van der Waals surface area contributed by atoms with Crippen LogP contribution in [0.1, 0.15) is 27.0 Å². The van der Waals surface area contributed by atoms with Crippen LogP contribution >= 0.6 is 0 Å². The summed E-state index contributed by atoms with van der Waals surface area (Å²) in [6, 6.07) is 10.5. The summed E-state index contributed by atoms with van der Waals surface area (Å²) in [5, 5.41) is 5.66. The molecule has 0 spiro atoms. The molecule has 0 saturated carbocycles. The molecule has 3 aromatic rings. The zero-order valence-corrected chi connectivity index (χ0v) is 22.6. The normalized spacial score (nSPS) is 11.9. The van der Waals surface area contributed by atoms with E-state index in [1.165, 1.54) is 19.2 Å². The van der Waals surface area contributed by atoms with Gasteiger partial charge in [-0.25, -0.2) is 0 Å². The number of anilines is 3. The third-order valence-electron chi connectivity index (χ3n) is 6.02. The fourth-order valence-electron chi connectivity index (χ4n) is 3.69. The number of rotatable bonds is 10. The van der Waals surface area contributed by atoms with E-state index in [0.717, 1.165) is 11.6 Å². The average Bonchev–Trinajstić information content (AvgIpc) is 2.90. The van der Waals surface area contributed by atoms with E-state index in [1.54, 1.807) is 54.8 Å². The maximum Gasteiger partial charge on any atom is 0.418 e. The number of benzene rings is 2. The monoisotopic (exact) mass is 542 g/mol. The summed E-state index contributed by atoms with van der Waals surface area (Å²) in [4.78, 5) is 20.5. The molecule has 208 valence electrons. The Morgan fingerprint density at radius 2 is 1.79 bits per heavy atom. The largest absolute Gasteiger partial charge is 0.495 e. The van der Waals surface area contributed by atoms with Crippen molar-refractivity contribution in [2.45, 2.75) is 13.1 Å². The molecule has 1 aromatic heterocycles. The van der Waals surface area contributed by atoms with E-state index in [-0.39, 0.29) is 16.9 Å². The molecule has 3 rings (SSSR count). The molecular formula is C28H33F3N6O2. The highest BCUT2D eigenvalue weighted by Gasteiger charge is 2.35. The number of methoxy groups -OCH3 is 1. The van der Waals surface area contributed by atoms with Gasteiger partial charge in [-0.2, -0.15) is 13.2 Å². The highest BCUT2D eigenvalue weighted by atomic mass is 19.4. The van der Waals surface area contributed by atoms with Crippen molar-refractivity contribution in [1.82, 2.24) is 9.88 Å². The molecule has 0 bridgehead atoms. The lowest BCUT2D eigenvalue weighted by Gasteiger charge is -2.25.